The number of nitrogens with zero attached hydrogens (tertiary/aromatic N) is 1. The van der Waals surface area contributed by atoms with Crippen molar-refractivity contribution >= 4 is 27.3 Å². The lowest BCUT2D eigenvalue weighted by Crippen LogP contribution is -2.45. The molecule has 0 saturated carbocycles. The number of hydrogen-bond donors (Lipinski definition) is 1. The molecule has 1 aromatic carbocycles. The maximum atomic E-state index is 3.59. The van der Waals surface area contributed by atoms with E-state index < -0.39 is 0 Å². The molecular formula is C15H17BrN2S. The molecule has 3 rings (SSSR count). The molecule has 1 aliphatic heterocycles. The number of benzene rings is 1. The molecule has 4 heteroatoms. The highest BCUT2D eigenvalue weighted by atomic mass is 79.9. The summed E-state index contributed by atoms with van der Waals surface area (Å²) in [4.78, 5) is 4.00. The molecule has 1 aliphatic rings. The summed E-state index contributed by atoms with van der Waals surface area (Å²) in [6, 6.07) is 13.5. The van der Waals surface area contributed by atoms with Crippen molar-refractivity contribution in [3.8, 4) is 0 Å². The Morgan fingerprint density at radius 1 is 1.16 bits per heavy atom. The van der Waals surface area contributed by atoms with Crippen LogP contribution in [0.15, 0.2) is 46.3 Å². The third-order valence-corrected chi connectivity index (χ3v) is 4.91. The predicted octanol–water partition coefficient (Wildman–Crippen LogP) is 3.51. The van der Waals surface area contributed by atoms with Crippen LogP contribution < -0.4 is 5.32 Å². The first kappa shape index (κ1) is 13.3. The zero-order valence-electron chi connectivity index (χ0n) is 10.7. The van der Waals surface area contributed by atoms with Gasteiger partial charge in [-0.05, 0) is 29.1 Å². The molecule has 1 saturated heterocycles. The lowest BCUT2D eigenvalue weighted by Gasteiger charge is -2.34. The van der Waals surface area contributed by atoms with E-state index in [1.54, 1.807) is 0 Å². The maximum absolute atomic E-state index is 3.59. The standard InChI is InChI=1S/C15H17BrN2S/c16-13-4-1-3-12(11-13)15(14-5-2-10-19-14)18-8-6-17-7-9-18/h1-5,10-11,15,17H,6-9H2. The van der Waals surface area contributed by atoms with Crippen molar-refractivity contribution in [3.05, 3.63) is 56.7 Å². The SMILES string of the molecule is Brc1cccc(C(c2cccs2)N2CCNCC2)c1. The van der Waals surface area contributed by atoms with Crippen LogP contribution in [-0.2, 0) is 0 Å². The van der Waals surface area contributed by atoms with Gasteiger partial charge in [0.25, 0.3) is 0 Å². The topological polar surface area (TPSA) is 15.3 Å². The summed E-state index contributed by atoms with van der Waals surface area (Å²) in [6.45, 7) is 4.37. The van der Waals surface area contributed by atoms with Crippen LogP contribution in [0.1, 0.15) is 16.5 Å². The average molecular weight is 337 g/mol. The summed E-state index contributed by atoms with van der Waals surface area (Å²) in [5, 5.41) is 5.60. The quantitative estimate of drug-likeness (QED) is 0.922. The fourth-order valence-corrected chi connectivity index (χ4v) is 3.92. The van der Waals surface area contributed by atoms with Gasteiger partial charge in [-0.3, -0.25) is 4.90 Å². The highest BCUT2D eigenvalue weighted by Crippen LogP contribution is 2.33. The Morgan fingerprint density at radius 2 is 2.00 bits per heavy atom. The monoisotopic (exact) mass is 336 g/mol. The smallest absolute Gasteiger partial charge is 0.0697 e. The first-order chi connectivity index (χ1) is 9.34. The first-order valence-electron chi connectivity index (χ1n) is 6.58. The van der Waals surface area contributed by atoms with Crippen LogP contribution in [0.4, 0.5) is 0 Å². The van der Waals surface area contributed by atoms with Crippen molar-refractivity contribution in [3.63, 3.8) is 0 Å². The Balaban J connectivity index is 1.96. The van der Waals surface area contributed by atoms with Gasteiger partial charge >= 0.3 is 0 Å². The second-order valence-corrected chi connectivity index (χ2v) is 6.65. The van der Waals surface area contributed by atoms with Crippen LogP contribution in [0.3, 0.4) is 0 Å². The molecule has 19 heavy (non-hydrogen) atoms. The minimum Gasteiger partial charge on any atom is -0.314 e. The molecule has 0 aliphatic carbocycles. The van der Waals surface area contributed by atoms with Gasteiger partial charge in [0.05, 0.1) is 6.04 Å². The Morgan fingerprint density at radius 3 is 2.68 bits per heavy atom. The van der Waals surface area contributed by atoms with E-state index >= 15 is 0 Å². The van der Waals surface area contributed by atoms with Crippen molar-refractivity contribution in [2.24, 2.45) is 0 Å². The lowest BCUT2D eigenvalue weighted by molar-refractivity contribution is 0.200. The number of piperazine rings is 1. The summed E-state index contributed by atoms with van der Waals surface area (Å²) in [7, 11) is 0. The minimum absolute atomic E-state index is 0.389. The van der Waals surface area contributed by atoms with Gasteiger partial charge in [0.2, 0.25) is 0 Å². The van der Waals surface area contributed by atoms with Gasteiger partial charge in [-0.2, -0.15) is 0 Å². The Bertz CT molecular complexity index is 521. The Hall–Kier alpha value is -0.680. The number of rotatable bonds is 3. The largest absolute Gasteiger partial charge is 0.314 e. The van der Waals surface area contributed by atoms with E-state index in [1.807, 2.05) is 11.3 Å². The fourth-order valence-electron chi connectivity index (χ4n) is 2.62. The molecule has 1 unspecified atom stereocenters. The Kier molecular flexibility index (Phi) is 4.33. The van der Waals surface area contributed by atoms with Crippen LogP contribution in [0.25, 0.3) is 0 Å². The van der Waals surface area contributed by atoms with Crippen LogP contribution in [0, 0.1) is 0 Å². The maximum Gasteiger partial charge on any atom is 0.0697 e. The van der Waals surface area contributed by atoms with Gasteiger partial charge in [0, 0.05) is 35.5 Å². The molecule has 100 valence electrons. The molecule has 0 amide bonds. The molecule has 0 spiro atoms. The van der Waals surface area contributed by atoms with Gasteiger partial charge in [0.1, 0.15) is 0 Å². The fraction of sp³-hybridized carbons (Fsp3) is 0.333. The van der Waals surface area contributed by atoms with Gasteiger partial charge in [0.15, 0.2) is 0 Å². The van der Waals surface area contributed by atoms with Crippen molar-refractivity contribution in [2.45, 2.75) is 6.04 Å². The van der Waals surface area contributed by atoms with Crippen molar-refractivity contribution in [1.29, 1.82) is 0 Å². The summed E-state index contributed by atoms with van der Waals surface area (Å²) < 4.78 is 1.15. The molecule has 1 atom stereocenters. The van der Waals surface area contributed by atoms with E-state index in [0.717, 1.165) is 30.7 Å². The molecular weight excluding hydrogens is 320 g/mol. The van der Waals surface area contributed by atoms with Gasteiger partial charge in [-0.15, -0.1) is 11.3 Å². The minimum atomic E-state index is 0.389. The number of halogens is 1. The molecule has 1 N–H and O–H groups in total. The van der Waals surface area contributed by atoms with Crippen LogP contribution in [-0.4, -0.2) is 31.1 Å². The van der Waals surface area contributed by atoms with Crippen molar-refractivity contribution < 1.29 is 0 Å². The van der Waals surface area contributed by atoms with Gasteiger partial charge in [-0.25, -0.2) is 0 Å². The number of hydrogen-bond acceptors (Lipinski definition) is 3. The van der Waals surface area contributed by atoms with Crippen LogP contribution in [0.2, 0.25) is 0 Å². The van der Waals surface area contributed by atoms with E-state index in [4.69, 9.17) is 0 Å². The first-order valence-corrected chi connectivity index (χ1v) is 8.25. The average Bonchev–Trinajstić information content (AvgIpc) is 2.94. The third-order valence-electron chi connectivity index (χ3n) is 3.49. The molecule has 2 aromatic rings. The number of nitrogens with one attached hydrogen (secondary N) is 1. The van der Waals surface area contributed by atoms with Crippen LogP contribution in [0.5, 0.6) is 0 Å². The third kappa shape index (κ3) is 3.08. The Labute approximate surface area is 126 Å². The highest BCUT2D eigenvalue weighted by molar-refractivity contribution is 9.10. The molecule has 1 aromatic heterocycles. The zero-order chi connectivity index (χ0) is 13.1. The van der Waals surface area contributed by atoms with E-state index in [1.165, 1.54) is 10.4 Å². The van der Waals surface area contributed by atoms with Crippen molar-refractivity contribution in [2.75, 3.05) is 26.2 Å². The van der Waals surface area contributed by atoms with E-state index in [0.29, 0.717) is 6.04 Å². The van der Waals surface area contributed by atoms with E-state index in [-0.39, 0.29) is 0 Å². The lowest BCUT2D eigenvalue weighted by atomic mass is 10.0. The van der Waals surface area contributed by atoms with E-state index in [2.05, 4.69) is 67.9 Å². The molecule has 2 nitrogen and oxygen atoms in total. The molecule has 0 radical (unpaired) electrons. The second-order valence-electron chi connectivity index (χ2n) is 4.76. The number of thiophene rings is 1. The second kappa shape index (κ2) is 6.18. The molecule has 2 heterocycles. The van der Waals surface area contributed by atoms with Crippen molar-refractivity contribution in [1.82, 2.24) is 10.2 Å². The predicted molar refractivity (Wildman–Crippen MR) is 84.7 cm³/mol. The van der Waals surface area contributed by atoms with Gasteiger partial charge < -0.3 is 5.32 Å². The molecule has 1 fully saturated rings. The van der Waals surface area contributed by atoms with E-state index in [9.17, 15) is 0 Å². The highest BCUT2D eigenvalue weighted by Gasteiger charge is 2.24. The summed E-state index contributed by atoms with van der Waals surface area (Å²) >= 11 is 5.44. The molecule has 0 bridgehead atoms. The summed E-state index contributed by atoms with van der Waals surface area (Å²) in [6.07, 6.45) is 0. The zero-order valence-corrected chi connectivity index (χ0v) is 13.1. The summed E-state index contributed by atoms with van der Waals surface area (Å²) in [5.41, 5.74) is 1.37. The van der Waals surface area contributed by atoms with Gasteiger partial charge in [-0.1, -0.05) is 34.1 Å². The normalized spacial score (nSPS) is 18.4. The van der Waals surface area contributed by atoms with Crippen LogP contribution >= 0.6 is 27.3 Å². The summed E-state index contributed by atoms with van der Waals surface area (Å²) in [5.74, 6) is 0.